The maximum Gasteiger partial charge on any atom is 0.184 e. The molecule has 2 N–H and O–H groups in total. The number of halogens is 1. The maximum atomic E-state index is 8.70. The number of anilines is 1. The lowest BCUT2D eigenvalue weighted by Gasteiger charge is -2.11. The van der Waals surface area contributed by atoms with Crippen LogP contribution in [0.1, 0.15) is 13.3 Å². The number of nitrogen functional groups attached to an aromatic ring is 1. The van der Waals surface area contributed by atoms with Gasteiger partial charge in [0.05, 0.1) is 5.02 Å². The molecular formula is C10H11ClN2O. The lowest BCUT2D eigenvalue weighted by molar-refractivity contribution is 0.252. The lowest BCUT2D eigenvalue weighted by atomic mass is 10.3. The van der Waals surface area contributed by atoms with Crippen LogP contribution >= 0.6 is 11.6 Å². The van der Waals surface area contributed by atoms with Crippen LogP contribution in [-0.4, -0.2) is 6.10 Å². The third-order valence-electron chi connectivity index (χ3n) is 1.74. The van der Waals surface area contributed by atoms with Gasteiger partial charge in [0.15, 0.2) is 6.10 Å². The van der Waals surface area contributed by atoms with Crippen molar-refractivity contribution in [2.45, 2.75) is 19.4 Å². The van der Waals surface area contributed by atoms with Crippen LogP contribution in [-0.2, 0) is 0 Å². The molecule has 0 radical (unpaired) electrons. The Morgan fingerprint density at radius 3 is 2.93 bits per heavy atom. The van der Waals surface area contributed by atoms with Crippen molar-refractivity contribution in [2.75, 3.05) is 5.73 Å². The second-order valence-electron chi connectivity index (χ2n) is 2.83. The van der Waals surface area contributed by atoms with E-state index in [4.69, 9.17) is 27.3 Å². The van der Waals surface area contributed by atoms with Crippen LogP contribution < -0.4 is 10.5 Å². The van der Waals surface area contributed by atoms with Crippen molar-refractivity contribution in [1.29, 1.82) is 5.26 Å². The van der Waals surface area contributed by atoms with Crippen molar-refractivity contribution in [3.63, 3.8) is 0 Å². The minimum absolute atomic E-state index is 0.458. The summed E-state index contributed by atoms with van der Waals surface area (Å²) in [6.07, 6.45) is 0.135. The monoisotopic (exact) mass is 210 g/mol. The van der Waals surface area contributed by atoms with E-state index in [1.54, 1.807) is 18.2 Å². The SMILES string of the molecule is CCC(C#N)Oc1cc(N)ccc1Cl. The number of nitrogens with zero attached hydrogens (tertiary/aromatic N) is 1. The Kier molecular flexibility index (Phi) is 3.61. The largest absolute Gasteiger partial charge is 0.474 e. The summed E-state index contributed by atoms with van der Waals surface area (Å²) < 4.78 is 5.35. The summed E-state index contributed by atoms with van der Waals surface area (Å²) >= 11 is 5.86. The van der Waals surface area contributed by atoms with Gasteiger partial charge in [-0.05, 0) is 18.6 Å². The average Bonchev–Trinajstić information content (AvgIpc) is 2.19. The summed E-state index contributed by atoms with van der Waals surface area (Å²) in [6, 6.07) is 6.97. The quantitative estimate of drug-likeness (QED) is 0.781. The van der Waals surface area contributed by atoms with Crippen molar-refractivity contribution in [1.82, 2.24) is 0 Å². The van der Waals surface area contributed by atoms with Crippen LogP contribution in [0.25, 0.3) is 0 Å². The molecule has 1 unspecified atom stereocenters. The summed E-state index contributed by atoms with van der Waals surface area (Å²) in [4.78, 5) is 0. The fraction of sp³-hybridized carbons (Fsp3) is 0.300. The topological polar surface area (TPSA) is 59.0 Å². The van der Waals surface area contributed by atoms with Gasteiger partial charge in [-0.15, -0.1) is 0 Å². The van der Waals surface area contributed by atoms with Crippen molar-refractivity contribution in [3.8, 4) is 11.8 Å². The van der Waals surface area contributed by atoms with Gasteiger partial charge in [-0.25, -0.2) is 0 Å². The molecule has 0 bridgehead atoms. The first kappa shape index (κ1) is 10.7. The number of hydrogen-bond donors (Lipinski definition) is 1. The van der Waals surface area contributed by atoms with Crippen molar-refractivity contribution in [3.05, 3.63) is 23.2 Å². The Labute approximate surface area is 88.0 Å². The lowest BCUT2D eigenvalue weighted by Crippen LogP contribution is -2.12. The molecule has 3 nitrogen and oxygen atoms in total. The zero-order valence-corrected chi connectivity index (χ0v) is 8.58. The number of rotatable bonds is 3. The van der Waals surface area contributed by atoms with Crippen LogP contribution in [0.15, 0.2) is 18.2 Å². The highest BCUT2D eigenvalue weighted by molar-refractivity contribution is 6.32. The summed E-state index contributed by atoms with van der Waals surface area (Å²) in [6.45, 7) is 1.87. The molecule has 0 heterocycles. The molecule has 0 aliphatic carbocycles. The number of ether oxygens (including phenoxy) is 1. The van der Waals surface area contributed by atoms with E-state index in [-0.39, 0.29) is 0 Å². The van der Waals surface area contributed by atoms with E-state index in [1.807, 2.05) is 13.0 Å². The van der Waals surface area contributed by atoms with E-state index in [2.05, 4.69) is 0 Å². The molecule has 1 rings (SSSR count). The highest BCUT2D eigenvalue weighted by Gasteiger charge is 2.09. The zero-order chi connectivity index (χ0) is 10.6. The second kappa shape index (κ2) is 4.73. The Hall–Kier alpha value is -1.40. The van der Waals surface area contributed by atoms with Gasteiger partial charge in [-0.2, -0.15) is 5.26 Å². The Morgan fingerprint density at radius 1 is 1.64 bits per heavy atom. The molecular weight excluding hydrogens is 200 g/mol. The molecule has 0 amide bonds. The predicted molar refractivity (Wildman–Crippen MR) is 56.2 cm³/mol. The molecule has 0 saturated carbocycles. The van der Waals surface area contributed by atoms with Gasteiger partial charge < -0.3 is 10.5 Å². The van der Waals surface area contributed by atoms with Gasteiger partial charge in [-0.3, -0.25) is 0 Å². The van der Waals surface area contributed by atoms with E-state index in [9.17, 15) is 0 Å². The minimum atomic E-state index is -0.478. The van der Waals surface area contributed by atoms with Gasteiger partial charge in [0.2, 0.25) is 0 Å². The van der Waals surface area contributed by atoms with Gasteiger partial charge in [0.1, 0.15) is 11.8 Å². The third kappa shape index (κ3) is 2.54. The van der Waals surface area contributed by atoms with Gasteiger partial charge in [-0.1, -0.05) is 18.5 Å². The van der Waals surface area contributed by atoms with E-state index in [1.165, 1.54) is 0 Å². The summed E-state index contributed by atoms with van der Waals surface area (Å²) in [5, 5.41) is 9.16. The van der Waals surface area contributed by atoms with Crippen LogP contribution in [0.3, 0.4) is 0 Å². The normalized spacial score (nSPS) is 11.8. The van der Waals surface area contributed by atoms with Crippen molar-refractivity contribution >= 4 is 17.3 Å². The van der Waals surface area contributed by atoms with Crippen molar-refractivity contribution < 1.29 is 4.74 Å². The molecule has 0 aliphatic rings. The first-order chi connectivity index (χ1) is 6.67. The highest BCUT2D eigenvalue weighted by Crippen LogP contribution is 2.27. The number of hydrogen-bond acceptors (Lipinski definition) is 3. The van der Waals surface area contributed by atoms with E-state index < -0.39 is 6.10 Å². The maximum absolute atomic E-state index is 8.70. The number of benzene rings is 1. The molecule has 1 aromatic rings. The van der Waals surface area contributed by atoms with E-state index >= 15 is 0 Å². The van der Waals surface area contributed by atoms with E-state index in [0.717, 1.165) is 0 Å². The molecule has 0 fully saturated rings. The number of nitrogens with two attached hydrogens (primary N) is 1. The molecule has 1 atom stereocenters. The van der Waals surface area contributed by atoms with Crippen LogP contribution in [0.5, 0.6) is 5.75 Å². The summed E-state index contributed by atoms with van der Waals surface area (Å²) in [5.41, 5.74) is 6.13. The van der Waals surface area contributed by atoms with Crippen LogP contribution in [0.4, 0.5) is 5.69 Å². The minimum Gasteiger partial charge on any atom is -0.474 e. The molecule has 0 aromatic heterocycles. The Morgan fingerprint density at radius 2 is 2.36 bits per heavy atom. The molecule has 14 heavy (non-hydrogen) atoms. The fourth-order valence-electron chi connectivity index (χ4n) is 0.965. The predicted octanol–water partition coefficient (Wildman–Crippen LogP) is 2.60. The molecule has 74 valence electrons. The second-order valence-corrected chi connectivity index (χ2v) is 3.24. The van der Waals surface area contributed by atoms with E-state index in [0.29, 0.717) is 22.9 Å². The Balaban J connectivity index is 2.86. The standard InChI is InChI=1S/C10H11ClN2O/c1-2-8(6-12)14-10-5-7(13)3-4-9(10)11/h3-5,8H,2,13H2,1H3. The fourth-order valence-corrected chi connectivity index (χ4v) is 1.13. The third-order valence-corrected chi connectivity index (χ3v) is 2.05. The average molecular weight is 211 g/mol. The smallest absolute Gasteiger partial charge is 0.184 e. The highest BCUT2D eigenvalue weighted by atomic mass is 35.5. The molecule has 1 aromatic carbocycles. The molecule has 0 saturated heterocycles. The van der Waals surface area contributed by atoms with Gasteiger partial charge in [0.25, 0.3) is 0 Å². The summed E-state index contributed by atoms with van der Waals surface area (Å²) in [5.74, 6) is 0.458. The van der Waals surface area contributed by atoms with Crippen LogP contribution in [0, 0.1) is 11.3 Å². The zero-order valence-electron chi connectivity index (χ0n) is 7.83. The molecule has 4 heteroatoms. The molecule has 0 spiro atoms. The summed E-state index contributed by atoms with van der Waals surface area (Å²) in [7, 11) is 0. The van der Waals surface area contributed by atoms with Crippen molar-refractivity contribution in [2.24, 2.45) is 0 Å². The number of nitriles is 1. The Bertz CT molecular complexity index is 360. The first-order valence-corrected chi connectivity index (χ1v) is 4.66. The molecule has 0 aliphatic heterocycles. The van der Waals surface area contributed by atoms with Crippen LogP contribution in [0.2, 0.25) is 5.02 Å². The first-order valence-electron chi connectivity index (χ1n) is 4.28. The van der Waals surface area contributed by atoms with Gasteiger partial charge >= 0.3 is 0 Å². The van der Waals surface area contributed by atoms with Gasteiger partial charge in [0, 0.05) is 11.8 Å².